The van der Waals surface area contributed by atoms with Crippen molar-refractivity contribution in [3.05, 3.63) is 34.9 Å². The molecule has 1 aliphatic carbocycles. The third kappa shape index (κ3) is 4.41. The lowest BCUT2D eigenvalue weighted by Gasteiger charge is -2.29. The Hall–Kier alpha value is -1.15. The average molecular weight is 288 g/mol. The van der Waals surface area contributed by atoms with Crippen molar-refractivity contribution in [2.24, 2.45) is 5.92 Å². The zero-order valence-corrected chi connectivity index (χ0v) is 13.7. The number of carbonyl (C=O) groups is 1. The molecule has 1 aromatic carbocycles. The van der Waals surface area contributed by atoms with Crippen LogP contribution in [-0.4, -0.2) is 18.5 Å². The van der Waals surface area contributed by atoms with Gasteiger partial charge in [0.15, 0.2) is 5.78 Å². The normalized spacial score (nSPS) is 17.7. The van der Waals surface area contributed by atoms with Gasteiger partial charge in [-0.1, -0.05) is 37.5 Å². The fourth-order valence-electron chi connectivity index (χ4n) is 3.32. The number of rotatable bonds is 6. The molecule has 1 saturated carbocycles. The Kier molecular flexibility index (Phi) is 5.98. The molecule has 0 spiro atoms. The smallest absolute Gasteiger partial charge is 0.166 e. The number of carbonyl (C=O) groups excluding carboxylic acids is 1. The SMILES string of the molecule is CCOC(C(=O)Cc1ccc(C)c(C)c1)C1CCCCC1. The molecular formula is C19H28O2. The molecule has 0 aliphatic heterocycles. The Morgan fingerprint density at radius 1 is 1.19 bits per heavy atom. The van der Waals surface area contributed by atoms with Gasteiger partial charge in [0, 0.05) is 13.0 Å². The van der Waals surface area contributed by atoms with Crippen LogP contribution in [0.25, 0.3) is 0 Å². The average Bonchev–Trinajstić information content (AvgIpc) is 2.49. The van der Waals surface area contributed by atoms with Crippen LogP contribution in [0.2, 0.25) is 0 Å². The Bertz CT molecular complexity index is 472. The molecule has 0 heterocycles. The van der Waals surface area contributed by atoms with Crippen molar-refractivity contribution in [1.82, 2.24) is 0 Å². The topological polar surface area (TPSA) is 26.3 Å². The summed E-state index contributed by atoms with van der Waals surface area (Å²) >= 11 is 0. The molecule has 0 bridgehead atoms. The zero-order valence-electron chi connectivity index (χ0n) is 13.7. The van der Waals surface area contributed by atoms with E-state index in [0.29, 0.717) is 18.9 Å². The van der Waals surface area contributed by atoms with Crippen molar-refractivity contribution in [1.29, 1.82) is 0 Å². The first-order chi connectivity index (χ1) is 10.1. The van der Waals surface area contributed by atoms with E-state index in [4.69, 9.17) is 4.74 Å². The van der Waals surface area contributed by atoms with Crippen LogP contribution in [0.15, 0.2) is 18.2 Å². The molecule has 1 aliphatic rings. The number of hydrogen-bond donors (Lipinski definition) is 0. The van der Waals surface area contributed by atoms with Crippen LogP contribution in [-0.2, 0) is 16.0 Å². The van der Waals surface area contributed by atoms with Gasteiger partial charge in [0.2, 0.25) is 0 Å². The molecule has 21 heavy (non-hydrogen) atoms. The molecule has 0 N–H and O–H groups in total. The van der Waals surface area contributed by atoms with Crippen LogP contribution in [0, 0.1) is 19.8 Å². The van der Waals surface area contributed by atoms with Gasteiger partial charge in [0.05, 0.1) is 0 Å². The fourth-order valence-corrected chi connectivity index (χ4v) is 3.32. The highest BCUT2D eigenvalue weighted by Gasteiger charge is 2.29. The largest absolute Gasteiger partial charge is 0.370 e. The van der Waals surface area contributed by atoms with Gasteiger partial charge < -0.3 is 4.74 Å². The second-order valence-corrected chi connectivity index (χ2v) is 6.34. The van der Waals surface area contributed by atoms with E-state index in [0.717, 1.165) is 18.4 Å². The predicted molar refractivity (Wildman–Crippen MR) is 86.6 cm³/mol. The highest BCUT2D eigenvalue weighted by atomic mass is 16.5. The maximum Gasteiger partial charge on any atom is 0.166 e. The van der Waals surface area contributed by atoms with Crippen molar-refractivity contribution in [3.63, 3.8) is 0 Å². The first-order valence-corrected chi connectivity index (χ1v) is 8.32. The molecular weight excluding hydrogens is 260 g/mol. The zero-order chi connectivity index (χ0) is 15.2. The van der Waals surface area contributed by atoms with Crippen LogP contribution in [0.4, 0.5) is 0 Å². The molecule has 2 heteroatoms. The molecule has 0 amide bonds. The number of hydrogen-bond acceptors (Lipinski definition) is 2. The Morgan fingerprint density at radius 2 is 1.90 bits per heavy atom. The molecule has 0 aromatic heterocycles. The Morgan fingerprint density at radius 3 is 2.52 bits per heavy atom. The van der Waals surface area contributed by atoms with E-state index in [1.807, 2.05) is 6.92 Å². The molecule has 2 nitrogen and oxygen atoms in total. The van der Waals surface area contributed by atoms with E-state index >= 15 is 0 Å². The number of Topliss-reactive ketones (excluding diaryl/α,β-unsaturated/α-hetero) is 1. The molecule has 1 fully saturated rings. The summed E-state index contributed by atoms with van der Waals surface area (Å²) in [5.74, 6) is 0.685. The van der Waals surface area contributed by atoms with Crippen LogP contribution in [0.3, 0.4) is 0 Å². The highest BCUT2D eigenvalue weighted by Crippen LogP contribution is 2.29. The van der Waals surface area contributed by atoms with E-state index in [1.165, 1.54) is 30.4 Å². The van der Waals surface area contributed by atoms with Crippen LogP contribution in [0.5, 0.6) is 0 Å². The number of aryl methyl sites for hydroxylation is 2. The van der Waals surface area contributed by atoms with Crippen molar-refractivity contribution in [2.75, 3.05) is 6.61 Å². The summed E-state index contributed by atoms with van der Waals surface area (Å²) in [6.45, 7) is 6.81. The van der Waals surface area contributed by atoms with Crippen molar-refractivity contribution in [3.8, 4) is 0 Å². The first-order valence-electron chi connectivity index (χ1n) is 8.32. The molecule has 0 radical (unpaired) electrons. The fraction of sp³-hybridized carbons (Fsp3) is 0.632. The van der Waals surface area contributed by atoms with Crippen molar-refractivity contribution < 1.29 is 9.53 Å². The number of ether oxygens (including phenoxy) is 1. The molecule has 2 rings (SSSR count). The van der Waals surface area contributed by atoms with E-state index in [2.05, 4.69) is 32.0 Å². The summed E-state index contributed by atoms with van der Waals surface area (Å²) in [4.78, 5) is 12.7. The summed E-state index contributed by atoms with van der Waals surface area (Å²) in [5, 5.41) is 0. The second-order valence-electron chi connectivity index (χ2n) is 6.34. The van der Waals surface area contributed by atoms with Gasteiger partial charge in [-0.15, -0.1) is 0 Å². The van der Waals surface area contributed by atoms with Gasteiger partial charge in [-0.05, 0) is 56.2 Å². The minimum Gasteiger partial charge on any atom is -0.370 e. The standard InChI is InChI=1S/C19H28O2/c1-4-21-19(17-8-6-5-7-9-17)18(20)13-16-11-10-14(2)15(3)12-16/h10-12,17,19H,4-9,13H2,1-3H3. The van der Waals surface area contributed by atoms with E-state index in [9.17, 15) is 4.79 Å². The summed E-state index contributed by atoms with van der Waals surface area (Å²) in [6.07, 6.45) is 6.38. The second kappa shape index (κ2) is 7.74. The van der Waals surface area contributed by atoms with E-state index in [1.54, 1.807) is 0 Å². The summed E-state index contributed by atoms with van der Waals surface area (Å²) in [6, 6.07) is 6.31. The van der Waals surface area contributed by atoms with E-state index < -0.39 is 0 Å². The van der Waals surface area contributed by atoms with Gasteiger partial charge >= 0.3 is 0 Å². The third-order valence-corrected chi connectivity index (χ3v) is 4.69. The quantitative estimate of drug-likeness (QED) is 0.775. The Labute approximate surface area is 128 Å². The summed E-state index contributed by atoms with van der Waals surface area (Å²) in [7, 11) is 0. The van der Waals surface area contributed by atoms with Crippen LogP contribution in [0.1, 0.15) is 55.7 Å². The van der Waals surface area contributed by atoms with Crippen LogP contribution >= 0.6 is 0 Å². The van der Waals surface area contributed by atoms with Gasteiger partial charge in [-0.25, -0.2) is 0 Å². The number of ketones is 1. The monoisotopic (exact) mass is 288 g/mol. The highest BCUT2D eigenvalue weighted by molar-refractivity contribution is 5.85. The van der Waals surface area contributed by atoms with E-state index in [-0.39, 0.29) is 11.9 Å². The predicted octanol–water partition coefficient (Wildman–Crippen LogP) is 4.40. The lowest BCUT2D eigenvalue weighted by atomic mass is 9.82. The van der Waals surface area contributed by atoms with Crippen LogP contribution < -0.4 is 0 Å². The maximum atomic E-state index is 12.7. The van der Waals surface area contributed by atoms with Gasteiger partial charge in [-0.2, -0.15) is 0 Å². The number of benzene rings is 1. The molecule has 1 aromatic rings. The van der Waals surface area contributed by atoms with Gasteiger partial charge in [0.25, 0.3) is 0 Å². The molecule has 1 unspecified atom stereocenters. The van der Waals surface area contributed by atoms with Gasteiger partial charge in [0.1, 0.15) is 6.10 Å². The van der Waals surface area contributed by atoms with Crippen molar-refractivity contribution in [2.45, 2.75) is 65.4 Å². The lowest BCUT2D eigenvalue weighted by molar-refractivity contribution is -0.134. The summed E-state index contributed by atoms with van der Waals surface area (Å²) < 4.78 is 5.82. The minimum atomic E-state index is -0.197. The first kappa shape index (κ1) is 16.2. The van der Waals surface area contributed by atoms with Crippen molar-refractivity contribution >= 4 is 5.78 Å². The lowest BCUT2D eigenvalue weighted by Crippen LogP contribution is -2.35. The molecule has 1 atom stereocenters. The summed E-state index contributed by atoms with van der Waals surface area (Å²) in [5.41, 5.74) is 3.65. The Balaban J connectivity index is 2.05. The molecule has 116 valence electrons. The maximum absolute atomic E-state index is 12.7. The third-order valence-electron chi connectivity index (χ3n) is 4.69. The minimum absolute atomic E-state index is 0.197. The molecule has 0 saturated heterocycles. The van der Waals surface area contributed by atoms with Gasteiger partial charge in [-0.3, -0.25) is 4.79 Å².